The molecular formula is C14H18N2O2. The van der Waals surface area contributed by atoms with Crippen molar-refractivity contribution in [2.24, 2.45) is 5.41 Å². The van der Waals surface area contributed by atoms with Gasteiger partial charge in [0.1, 0.15) is 12.2 Å². The van der Waals surface area contributed by atoms with Gasteiger partial charge >= 0.3 is 5.97 Å². The molecule has 0 saturated heterocycles. The molecule has 0 aromatic carbocycles. The van der Waals surface area contributed by atoms with Gasteiger partial charge in [-0.05, 0) is 36.8 Å². The molecule has 0 saturated carbocycles. The van der Waals surface area contributed by atoms with E-state index in [9.17, 15) is 4.79 Å². The lowest BCUT2D eigenvalue weighted by Gasteiger charge is -2.17. The number of esters is 1. The van der Waals surface area contributed by atoms with E-state index in [4.69, 9.17) is 10.00 Å². The highest BCUT2D eigenvalue weighted by Crippen LogP contribution is 2.38. The Hall–Kier alpha value is -1.76. The topological polar surface area (TPSA) is 55.0 Å². The lowest BCUT2D eigenvalue weighted by Crippen LogP contribution is -2.17. The summed E-state index contributed by atoms with van der Waals surface area (Å²) in [5.74, 6) is -0.333. The van der Waals surface area contributed by atoms with Gasteiger partial charge in [-0.3, -0.25) is 0 Å². The second-order valence-corrected chi connectivity index (χ2v) is 5.48. The lowest BCUT2D eigenvalue weighted by atomic mass is 9.90. The van der Waals surface area contributed by atoms with Crippen LogP contribution in [0, 0.1) is 16.7 Å². The molecule has 4 heteroatoms. The highest BCUT2D eigenvalue weighted by Gasteiger charge is 2.33. The van der Waals surface area contributed by atoms with Gasteiger partial charge in [0, 0.05) is 5.69 Å². The molecule has 0 radical (unpaired) electrons. The standard InChI is InChI=1S/C14H18N2O2/c1-4-18-13(17)11-7-10-8-14(2,3)9-12(10)16(11)6-5-15/h7H,4,6,8-9H2,1-3H3. The Kier molecular flexibility index (Phi) is 3.16. The van der Waals surface area contributed by atoms with Crippen molar-refractivity contribution < 1.29 is 9.53 Å². The van der Waals surface area contributed by atoms with Crippen molar-refractivity contribution in [1.29, 1.82) is 5.26 Å². The largest absolute Gasteiger partial charge is 0.461 e. The molecule has 0 fully saturated rings. The molecule has 4 nitrogen and oxygen atoms in total. The number of nitrogens with zero attached hydrogens (tertiary/aromatic N) is 2. The minimum absolute atomic E-state index is 0.208. The van der Waals surface area contributed by atoms with Crippen molar-refractivity contribution in [2.75, 3.05) is 6.61 Å². The maximum absolute atomic E-state index is 11.9. The molecule has 1 aromatic heterocycles. The van der Waals surface area contributed by atoms with Gasteiger partial charge in [0.2, 0.25) is 0 Å². The summed E-state index contributed by atoms with van der Waals surface area (Å²) in [5, 5.41) is 8.91. The maximum Gasteiger partial charge on any atom is 0.354 e. The Morgan fingerprint density at radius 2 is 2.28 bits per heavy atom. The number of hydrogen-bond donors (Lipinski definition) is 0. The van der Waals surface area contributed by atoms with Gasteiger partial charge in [-0.2, -0.15) is 5.26 Å². The van der Waals surface area contributed by atoms with Crippen LogP contribution in [-0.2, 0) is 24.1 Å². The molecule has 96 valence electrons. The summed E-state index contributed by atoms with van der Waals surface area (Å²) >= 11 is 0. The molecule has 1 aliphatic carbocycles. The number of ether oxygens (including phenoxy) is 1. The maximum atomic E-state index is 11.9. The van der Waals surface area contributed by atoms with E-state index in [1.54, 1.807) is 6.92 Å². The van der Waals surface area contributed by atoms with Crippen LogP contribution < -0.4 is 0 Å². The van der Waals surface area contributed by atoms with Crippen LogP contribution in [0.5, 0.6) is 0 Å². The van der Waals surface area contributed by atoms with Gasteiger partial charge in [0.05, 0.1) is 12.7 Å². The highest BCUT2D eigenvalue weighted by molar-refractivity contribution is 5.88. The molecule has 0 N–H and O–H groups in total. The smallest absolute Gasteiger partial charge is 0.354 e. The minimum atomic E-state index is -0.333. The Bertz CT molecular complexity index is 521. The fourth-order valence-corrected chi connectivity index (χ4v) is 2.66. The summed E-state index contributed by atoms with van der Waals surface area (Å²) in [7, 11) is 0. The normalized spacial score (nSPS) is 16.1. The van der Waals surface area contributed by atoms with E-state index in [1.807, 2.05) is 10.6 Å². The average molecular weight is 246 g/mol. The molecule has 0 amide bonds. The third kappa shape index (κ3) is 2.13. The first kappa shape index (κ1) is 12.7. The van der Waals surface area contributed by atoms with Crippen LogP contribution in [0.1, 0.15) is 42.5 Å². The van der Waals surface area contributed by atoms with Gasteiger partial charge in [-0.1, -0.05) is 13.8 Å². The number of hydrogen-bond acceptors (Lipinski definition) is 3. The number of rotatable bonds is 3. The zero-order valence-electron chi connectivity index (χ0n) is 11.1. The van der Waals surface area contributed by atoms with Crippen LogP contribution in [0.15, 0.2) is 6.07 Å². The first-order valence-electron chi connectivity index (χ1n) is 6.24. The first-order valence-corrected chi connectivity index (χ1v) is 6.24. The number of aromatic nitrogens is 1. The summed E-state index contributed by atoms with van der Waals surface area (Å²) in [5.41, 5.74) is 3.02. The van der Waals surface area contributed by atoms with E-state index < -0.39 is 0 Å². The van der Waals surface area contributed by atoms with Gasteiger partial charge in [-0.15, -0.1) is 0 Å². The van der Waals surface area contributed by atoms with Crippen LogP contribution in [0.25, 0.3) is 0 Å². The molecule has 2 rings (SSSR count). The lowest BCUT2D eigenvalue weighted by molar-refractivity contribution is 0.0514. The number of nitriles is 1. The molecule has 1 aliphatic rings. The van der Waals surface area contributed by atoms with Crippen molar-refractivity contribution >= 4 is 5.97 Å². The van der Waals surface area contributed by atoms with Crippen molar-refractivity contribution in [1.82, 2.24) is 4.57 Å². The van der Waals surface area contributed by atoms with Crippen molar-refractivity contribution in [3.05, 3.63) is 23.0 Å². The van der Waals surface area contributed by atoms with Crippen molar-refractivity contribution in [3.63, 3.8) is 0 Å². The predicted octanol–water partition coefficient (Wildman–Crippen LogP) is 2.31. The predicted molar refractivity (Wildman–Crippen MR) is 67.2 cm³/mol. The van der Waals surface area contributed by atoms with E-state index in [2.05, 4.69) is 19.9 Å². The molecule has 0 unspecified atom stereocenters. The van der Waals surface area contributed by atoms with E-state index in [0.29, 0.717) is 12.3 Å². The van der Waals surface area contributed by atoms with E-state index >= 15 is 0 Å². The van der Waals surface area contributed by atoms with Gasteiger partial charge in [0.15, 0.2) is 0 Å². The van der Waals surface area contributed by atoms with E-state index in [1.165, 1.54) is 5.56 Å². The van der Waals surface area contributed by atoms with Gasteiger partial charge in [-0.25, -0.2) is 4.79 Å². The van der Waals surface area contributed by atoms with Crippen LogP contribution in [0.3, 0.4) is 0 Å². The molecular weight excluding hydrogens is 228 g/mol. The number of carbonyl (C=O) groups is 1. The highest BCUT2D eigenvalue weighted by atomic mass is 16.5. The summed E-state index contributed by atoms with van der Waals surface area (Å²) in [6.07, 6.45) is 1.86. The van der Waals surface area contributed by atoms with E-state index in [-0.39, 0.29) is 17.9 Å². The van der Waals surface area contributed by atoms with Crippen LogP contribution in [-0.4, -0.2) is 17.1 Å². The summed E-state index contributed by atoms with van der Waals surface area (Å²) < 4.78 is 6.84. The quantitative estimate of drug-likeness (QED) is 0.769. The van der Waals surface area contributed by atoms with Crippen molar-refractivity contribution in [2.45, 2.75) is 40.2 Å². The second kappa shape index (κ2) is 4.49. The molecule has 0 aliphatic heterocycles. The Labute approximate surface area is 107 Å². The molecule has 18 heavy (non-hydrogen) atoms. The minimum Gasteiger partial charge on any atom is -0.461 e. The number of carbonyl (C=O) groups excluding carboxylic acids is 1. The second-order valence-electron chi connectivity index (χ2n) is 5.48. The summed E-state index contributed by atoms with van der Waals surface area (Å²) in [4.78, 5) is 11.9. The van der Waals surface area contributed by atoms with Gasteiger partial charge < -0.3 is 9.30 Å². The fraction of sp³-hybridized carbons (Fsp3) is 0.571. The van der Waals surface area contributed by atoms with Crippen LogP contribution in [0.4, 0.5) is 0 Å². The summed E-state index contributed by atoms with van der Waals surface area (Å²) in [6, 6.07) is 4.01. The zero-order valence-corrected chi connectivity index (χ0v) is 11.1. The van der Waals surface area contributed by atoms with Gasteiger partial charge in [0.25, 0.3) is 0 Å². The monoisotopic (exact) mass is 246 g/mol. The zero-order chi connectivity index (χ0) is 13.3. The molecule has 0 atom stereocenters. The van der Waals surface area contributed by atoms with Crippen LogP contribution in [0.2, 0.25) is 0 Å². The molecule has 1 heterocycles. The third-order valence-electron chi connectivity index (χ3n) is 3.33. The first-order chi connectivity index (χ1) is 8.48. The molecule has 0 bridgehead atoms. The van der Waals surface area contributed by atoms with Crippen molar-refractivity contribution in [3.8, 4) is 6.07 Å². The SMILES string of the molecule is CCOC(=O)c1cc2c(n1CC#N)CC(C)(C)C2. The molecule has 0 spiro atoms. The average Bonchev–Trinajstić information content (AvgIpc) is 2.73. The number of fused-ring (bicyclic) bond motifs is 1. The fourth-order valence-electron chi connectivity index (χ4n) is 2.66. The third-order valence-corrected chi connectivity index (χ3v) is 3.33. The Morgan fingerprint density at radius 1 is 1.56 bits per heavy atom. The Balaban J connectivity index is 2.40. The summed E-state index contributed by atoms with van der Waals surface area (Å²) in [6.45, 7) is 6.75. The molecule has 1 aromatic rings. The van der Waals surface area contributed by atoms with Crippen LogP contribution >= 0.6 is 0 Å². The van der Waals surface area contributed by atoms with E-state index in [0.717, 1.165) is 18.5 Å². The Morgan fingerprint density at radius 3 is 2.89 bits per heavy atom.